The maximum atomic E-state index is 13.8. The Labute approximate surface area is 270 Å². The molecule has 0 spiro atoms. The molecule has 2 aliphatic rings. The van der Waals surface area contributed by atoms with Crippen molar-refractivity contribution in [3.05, 3.63) is 108 Å². The Kier molecular flexibility index (Phi) is 7.12. The SMILES string of the molecule is Cn1cc(-c2ccnc3c2C(=O)N(CC2CCN(C(=O)/C=C/c4nccc5c4[nH]c4ccccc45)CC2)C3)c(-c2ccc(F)cc2)n1. The molecular formula is C37H32FN7O2. The number of para-hydroxylation sites is 1. The molecule has 1 fully saturated rings. The van der Waals surface area contributed by atoms with Gasteiger partial charge in [-0.1, -0.05) is 18.2 Å². The highest BCUT2D eigenvalue weighted by atomic mass is 19.1. The Balaban J connectivity index is 0.934. The molecule has 0 bridgehead atoms. The molecule has 0 aliphatic carbocycles. The molecule has 6 heterocycles. The molecule has 2 amide bonds. The largest absolute Gasteiger partial charge is 0.353 e. The number of rotatable bonds is 6. The van der Waals surface area contributed by atoms with Crippen molar-refractivity contribution in [2.75, 3.05) is 19.6 Å². The highest BCUT2D eigenvalue weighted by Crippen LogP contribution is 2.37. The fourth-order valence-electron chi connectivity index (χ4n) is 6.98. The average molecular weight is 626 g/mol. The standard InChI is InChI=1S/C37H32FN7O2/c1-43-21-29(35(42-43)24-6-8-25(38)9-7-24)27-12-16-40-32-22-45(37(47)34(27)32)20-23-14-18-44(19-15-23)33(46)11-10-31-36-28(13-17-39-31)26-4-2-3-5-30(26)41-36/h2-13,16-17,21,23,41H,14-15,18-20,22H2,1H3/b11-10+. The zero-order valence-electron chi connectivity index (χ0n) is 25.9. The van der Waals surface area contributed by atoms with Crippen molar-refractivity contribution in [1.82, 2.24) is 34.5 Å². The van der Waals surface area contributed by atoms with Crippen molar-refractivity contribution in [3.63, 3.8) is 0 Å². The number of H-pyrrole nitrogens is 1. The van der Waals surface area contributed by atoms with E-state index in [1.54, 1.807) is 41.4 Å². The zero-order chi connectivity index (χ0) is 32.1. The first-order valence-corrected chi connectivity index (χ1v) is 15.8. The smallest absolute Gasteiger partial charge is 0.256 e. The molecule has 0 unspecified atom stereocenters. The molecule has 10 heteroatoms. The van der Waals surface area contributed by atoms with E-state index in [-0.39, 0.29) is 23.5 Å². The molecule has 2 aliphatic heterocycles. The van der Waals surface area contributed by atoms with Gasteiger partial charge in [-0.3, -0.25) is 24.2 Å². The number of aromatic amines is 1. The fourth-order valence-corrected chi connectivity index (χ4v) is 6.98. The van der Waals surface area contributed by atoms with Gasteiger partial charge in [-0.2, -0.15) is 5.10 Å². The summed E-state index contributed by atoms with van der Waals surface area (Å²) in [4.78, 5) is 43.3. The van der Waals surface area contributed by atoms with E-state index >= 15 is 0 Å². The van der Waals surface area contributed by atoms with Gasteiger partial charge in [0.05, 0.1) is 29.0 Å². The van der Waals surface area contributed by atoms with Crippen LogP contribution in [0.1, 0.15) is 34.6 Å². The highest BCUT2D eigenvalue weighted by molar-refractivity contribution is 6.09. The van der Waals surface area contributed by atoms with Crippen molar-refractivity contribution < 1.29 is 14.0 Å². The van der Waals surface area contributed by atoms with Gasteiger partial charge >= 0.3 is 0 Å². The Bertz CT molecular complexity index is 2190. The minimum Gasteiger partial charge on any atom is -0.353 e. The second-order valence-corrected chi connectivity index (χ2v) is 12.3. The summed E-state index contributed by atoms with van der Waals surface area (Å²) in [7, 11) is 1.83. The van der Waals surface area contributed by atoms with Crippen LogP contribution in [0.25, 0.3) is 50.3 Å². The molecular weight excluding hydrogens is 593 g/mol. The van der Waals surface area contributed by atoms with Crippen molar-refractivity contribution in [2.24, 2.45) is 13.0 Å². The van der Waals surface area contributed by atoms with E-state index in [0.717, 1.165) is 62.7 Å². The number of hydrogen-bond acceptors (Lipinski definition) is 5. The number of hydrogen-bond donors (Lipinski definition) is 1. The number of carbonyl (C=O) groups is 2. The molecule has 4 aromatic heterocycles. The van der Waals surface area contributed by atoms with Crippen molar-refractivity contribution >= 4 is 39.7 Å². The topological polar surface area (TPSA) is 100 Å². The van der Waals surface area contributed by atoms with Gasteiger partial charge in [-0.15, -0.1) is 0 Å². The summed E-state index contributed by atoms with van der Waals surface area (Å²) < 4.78 is 15.3. The number of nitrogens with one attached hydrogen (secondary N) is 1. The monoisotopic (exact) mass is 625 g/mol. The molecule has 0 atom stereocenters. The summed E-state index contributed by atoms with van der Waals surface area (Å²) in [6.45, 7) is 2.32. The van der Waals surface area contributed by atoms with Gasteiger partial charge in [-0.25, -0.2) is 4.39 Å². The number of carbonyl (C=O) groups excluding carboxylic acids is 2. The summed E-state index contributed by atoms with van der Waals surface area (Å²) in [6.07, 6.45) is 10.4. The maximum absolute atomic E-state index is 13.8. The molecule has 2 aromatic carbocycles. The normalized spacial score (nSPS) is 15.4. The molecule has 9 nitrogen and oxygen atoms in total. The van der Waals surface area contributed by atoms with Crippen LogP contribution in [-0.2, 0) is 18.4 Å². The average Bonchev–Trinajstić information content (AvgIpc) is 3.77. The zero-order valence-corrected chi connectivity index (χ0v) is 25.9. The van der Waals surface area contributed by atoms with E-state index in [0.29, 0.717) is 37.4 Å². The molecule has 234 valence electrons. The minimum absolute atomic E-state index is 0.0368. The number of aromatic nitrogens is 5. The Morgan fingerprint density at radius 1 is 0.979 bits per heavy atom. The highest BCUT2D eigenvalue weighted by Gasteiger charge is 2.35. The van der Waals surface area contributed by atoms with Gasteiger partial charge < -0.3 is 14.8 Å². The summed E-state index contributed by atoms with van der Waals surface area (Å²) >= 11 is 0. The van der Waals surface area contributed by atoms with Crippen LogP contribution in [0.15, 0.2) is 85.3 Å². The molecule has 0 saturated carbocycles. The molecule has 1 N–H and O–H groups in total. The lowest BCUT2D eigenvalue weighted by Crippen LogP contribution is -2.41. The van der Waals surface area contributed by atoms with E-state index in [1.165, 1.54) is 12.1 Å². The predicted molar refractivity (Wildman–Crippen MR) is 179 cm³/mol. The van der Waals surface area contributed by atoms with Crippen LogP contribution in [0.5, 0.6) is 0 Å². The number of nitrogens with zero attached hydrogens (tertiary/aromatic N) is 6. The molecule has 8 rings (SSSR count). The lowest BCUT2D eigenvalue weighted by molar-refractivity contribution is -0.127. The molecule has 6 aromatic rings. The molecule has 0 radical (unpaired) electrons. The third-order valence-corrected chi connectivity index (χ3v) is 9.35. The van der Waals surface area contributed by atoms with E-state index in [2.05, 4.69) is 26.1 Å². The first-order chi connectivity index (χ1) is 22.9. The summed E-state index contributed by atoms with van der Waals surface area (Å²) in [5.41, 5.74) is 7.08. The van der Waals surface area contributed by atoms with Crippen LogP contribution in [-0.4, -0.2) is 66.0 Å². The van der Waals surface area contributed by atoms with Crippen molar-refractivity contribution in [3.8, 4) is 22.4 Å². The van der Waals surface area contributed by atoms with Crippen LogP contribution < -0.4 is 0 Å². The third-order valence-electron chi connectivity index (χ3n) is 9.35. The van der Waals surface area contributed by atoms with Crippen LogP contribution in [0, 0.1) is 11.7 Å². The van der Waals surface area contributed by atoms with Crippen LogP contribution in [0.2, 0.25) is 0 Å². The predicted octanol–water partition coefficient (Wildman–Crippen LogP) is 6.23. The molecule has 1 saturated heterocycles. The van der Waals surface area contributed by atoms with Crippen LogP contribution >= 0.6 is 0 Å². The number of benzene rings is 2. The third kappa shape index (κ3) is 5.25. The van der Waals surface area contributed by atoms with Gasteiger partial charge in [0.2, 0.25) is 5.91 Å². The van der Waals surface area contributed by atoms with E-state index in [1.807, 2.05) is 53.4 Å². The Morgan fingerprint density at radius 3 is 2.60 bits per heavy atom. The lowest BCUT2D eigenvalue weighted by Gasteiger charge is -2.33. The number of halogens is 1. The number of fused-ring (bicyclic) bond motifs is 4. The van der Waals surface area contributed by atoms with Crippen molar-refractivity contribution in [1.29, 1.82) is 0 Å². The van der Waals surface area contributed by atoms with Gasteiger partial charge in [0.1, 0.15) is 11.5 Å². The maximum Gasteiger partial charge on any atom is 0.256 e. The van der Waals surface area contributed by atoms with Gasteiger partial charge in [-0.05, 0) is 67.3 Å². The minimum atomic E-state index is -0.315. The van der Waals surface area contributed by atoms with E-state index in [4.69, 9.17) is 0 Å². The summed E-state index contributed by atoms with van der Waals surface area (Å²) in [5, 5.41) is 6.84. The lowest BCUT2D eigenvalue weighted by atomic mass is 9.95. The number of likely N-dealkylation sites (tertiary alicyclic amines) is 1. The van der Waals surface area contributed by atoms with Gasteiger partial charge in [0, 0.05) is 84.3 Å². The van der Waals surface area contributed by atoms with Crippen LogP contribution in [0.3, 0.4) is 0 Å². The summed E-state index contributed by atoms with van der Waals surface area (Å²) in [6, 6.07) is 18.2. The first-order valence-electron chi connectivity index (χ1n) is 15.8. The molecule has 47 heavy (non-hydrogen) atoms. The van der Waals surface area contributed by atoms with Crippen LogP contribution in [0.4, 0.5) is 4.39 Å². The van der Waals surface area contributed by atoms with Gasteiger partial charge in [0.25, 0.3) is 5.91 Å². The fraction of sp³-hybridized carbons (Fsp3) is 0.216. The number of pyridine rings is 2. The second kappa shape index (κ2) is 11.6. The van der Waals surface area contributed by atoms with Gasteiger partial charge in [0.15, 0.2) is 0 Å². The summed E-state index contributed by atoms with van der Waals surface area (Å²) in [5.74, 6) is -0.118. The number of aryl methyl sites for hydroxylation is 1. The Morgan fingerprint density at radius 2 is 1.77 bits per heavy atom. The quantitative estimate of drug-likeness (QED) is 0.222. The van der Waals surface area contributed by atoms with E-state index < -0.39 is 0 Å². The number of piperidine rings is 1. The Hall–Kier alpha value is -5.64. The van der Waals surface area contributed by atoms with Crippen molar-refractivity contribution in [2.45, 2.75) is 19.4 Å². The second-order valence-electron chi connectivity index (χ2n) is 12.3. The van der Waals surface area contributed by atoms with E-state index in [9.17, 15) is 14.0 Å². The first kappa shape index (κ1) is 28.8. The number of amides is 2.